The van der Waals surface area contributed by atoms with Crippen molar-refractivity contribution in [3.63, 3.8) is 0 Å². The van der Waals surface area contributed by atoms with Crippen LogP contribution in [-0.2, 0) is 4.79 Å². The number of amides is 3. The maximum Gasteiger partial charge on any atom is 0.312 e. The Balaban J connectivity index is 2.12. The quantitative estimate of drug-likeness (QED) is 0.554. The van der Waals surface area contributed by atoms with Gasteiger partial charge >= 0.3 is 6.03 Å². The number of benzene rings is 2. The molecule has 26 heavy (non-hydrogen) atoms. The summed E-state index contributed by atoms with van der Waals surface area (Å²) < 4.78 is 0.912. The van der Waals surface area contributed by atoms with Crippen molar-refractivity contribution in [1.82, 2.24) is 10.6 Å². The molecule has 2 atom stereocenters. The van der Waals surface area contributed by atoms with Gasteiger partial charge in [0.25, 0.3) is 0 Å². The first-order valence-corrected chi connectivity index (χ1v) is 8.97. The summed E-state index contributed by atoms with van der Waals surface area (Å²) in [5.74, 6) is -0.297. The molecule has 0 fully saturated rings. The minimum atomic E-state index is -0.697. The molecule has 7 heteroatoms. The molecule has 138 valence electrons. The number of aliphatic hydroxyl groups is 1. The van der Waals surface area contributed by atoms with Crippen LogP contribution < -0.4 is 16.4 Å². The predicted octanol–water partition coefficient (Wildman–Crippen LogP) is 2.71. The molecule has 0 aromatic heterocycles. The summed E-state index contributed by atoms with van der Waals surface area (Å²) in [5.41, 5.74) is 7.83. The van der Waals surface area contributed by atoms with Crippen molar-refractivity contribution < 1.29 is 14.7 Å². The molecule has 0 radical (unpaired) electrons. The third-order valence-electron chi connectivity index (χ3n) is 4.06. The molecule has 6 nitrogen and oxygen atoms in total. The van der Waals surface area contributed by atoms with Gasteiger partial charge in [0.05, 0.1) is 25.1 Å². The summed E-state index contributed by atoms with van der Waals surface area (Å²) in [6.07, 6.45) is 0.0147. The van der Waals surface area contributed by atoms with Crippen LogP contribution in [0.1, 0.15) is 35.2 Å². The Morgan fingerprint density at radius 3 is 2.31 bits per heavy atom. The topological polar surface area (TPSA) is 104 Å². The maximum atomic E-state index is 12.5. The minimum Gasteiger partial charge on any atom is -0.394 e. The fourth-order valence-corrected chi connectivity index (χ4v) is 3.02. The van der Waals surface area contributed by atoms with Gasteiger partial charge in [-0.05, 0) is 35.7 Å². The fourth-order valence-electron chi connectivity index (χ4n) is 2.76. The normalized spacial score (nSPS) is 12.9. The molecule has 0 saturated heterocycles. The summed E-state index contributed by atoms with van der Waals surface area (Å²) in [6, 6.07) is 13.0. The van der Waals surface area contributed by atoms with Crippen LogP contribution in [0, 0.1) is 6.92 Å². The molecule has 0 bridgehead atoms. The van der Waals surface area contributed by atoms with Crippen molar-refractivity contribution in [2.24, 2.45) is 5.73 Å². The van der Waals surface area contributed by atoms with Crippen LogP contribution in [0.3, 0.4) is 0 Å². The fraction of sp³-hybridized carbons (Fsp3) is 0.263. The van der Waals surface area contributed by atoms with Gasteiger partial charge in [-0.1, -0.05) is 52.3 Å². The Morgan fingerprint density at radius 1 is 1.08 bits per heavy atom. The number of primary amides is 1. The van der Waals surface area contributed by atoms with E-state index in [-0.39, 0.29) is 18.9 Å². The zero-order chi connectivity index (χ0) is 19.1. The lowest BCUT2D eigenvalue weighted by atomic mass is 9.98. The molecule has 0 aliphatic heterocycles. The van der Waals surface area contributed by atoms with E-state index in [4.69, 9.17) is 5.73 Å². The van der Waals surface area contributed by atoms with Crippen LogP contribution in [0.5, 0.6) is 0 Å². The van der Waals surface area contributed by atoms with Crippen molar-refractivity contribution >= 4 is 27.9 Å². The van der Waals surface area contributed by atoms with Gasteiger partial charge in [-0.3, -0.25) is 4.79 Å². The third kappa shape index (κ3) is 5.57. The molecule has 2 aromatic rings. The van der Waals surface area contributed by atoms with E-state index in [1.54, 1.807) is 0 Å². The molecule has 1 unspecified atom stereocenters. The van der Waals surface area contributed by atoms with Crippen LogP contribution >= 0.6 is 15.9 Å². The summed E-state index contributed by atoms with van der Waals surface area (Å²) in [6.45, 7) is 1.67. The van der Waals surface area contributed by atoms with Gasteiger partial charge in [0.1, 0.15) is 0 Å². The second kappa shape index (κ2) is 9.35. The Kier molecular flexibility index (Phi) is 7.17. The van der Waals surface area contributed by atoms with E-state index in [2.05, 4.69) is 26.6 Å². The van der Waals surface area contributed by atoms with E-state index in [1.807, 2.05) is 55.5 Å². The highest BCUT2D eigenvalue weighted by atomic mass is 79.9. The van der Waals surface area contributed by atoms with Crippen LogP contribution in [0.15, 0.2) is 53.0 Å². The van der Waals surface area contributed by atoms with Crippen molar-refractivity contribution in [2.45, 2.75) is 25.4 Å². The van der Waals surface area contributed by atoms with Crippen molar-refractivity contribution in [3.05, 3.63) is 69.7 Å². The Labute approximate surface area is 160 Å². The number of carbonyl (C=O) groups is 2. The monoisotopic (exact) mass is 419 g/mol. The number of rotatable bonds is 7. The lowest BCUT2D eigenvalue weighted by molar-refractivity contribution is -0.122. The molecular weight excluding hydrogens is 398 g/mol. The summed E-state index contributed by atoms with van der Waals surface area (Å²) in [5, 5.41) is 15.0. The van der Waals surface area contributed by atoms with Gasteiger partial charge in [-0.15, -0.1) is 0 Å². The molecule has 0 spiro atoms. The predicted molar refractivity (Wildman–Crippen MR) is 103 cm³/mol. The van der Waals surface area contributed by atoms with Gasteiger partial charge in [0.2, 0.25) is 5.91 Å². The number of urea groups is 1. The number of aliphatic hydroxyl groups excluding tert-OH is 1. The number of carbonyl (C=O) groups excluding carboxylic acids is 2. The summed E-state index contributed by atoms with van der Waals surface area (Å²) in [7, 11) is 0. The van der Waals surface area contributed by atoms with E-state index in [0.29, 0.717) is 0 Å². The minimum absolute atomic E-state index is 0.0147. The summed E-state index contributed by atoms with van der Waals surface area (Å²) in [4.78, 5) is 23.8. The number of hydrogen-bond donors (Lipinski definition) is 4. The molecule has 3 amide bonds. The van der Waals surface area contributed by atoms with E-state index in [9.17, 15) is 14.7 Å². The first-order valence-electron chi connectivity index (χ1n) is 8.18. The molecule has 5 N–H and O–H groups in total. The largest absolute Gasteiger partial charge is 0.394 e. The van der Waals surface area contributed by atoms with Crippen LogP contribution in [0.25, 0.3) is 0 Å². The van der Waals surface area contributed by atoms with Gasteiger partial charge in [-0.2, -0.15) is 0 Å². The second-order valence-electron chi connectivity index (χ2n) is 5.98. The Bertz CT molecular complexity index is 765. The highest BCUT2D eigenvalue weighted by Gasteiger charge is 2.21. The Morgan fingerprint density at radius 2 is 1.73 bits per heavy atom. The molecule has 2 aromatic carbocycles. The van der Waals surface area contributed by atoms with Crippen molar-refractivity contribution in [3.8, 4) is 0 Å². The van der Waals surface area contributed by atoms with Gasteiger partial charge < -0.3 is 21.5 Å². The average Bonchev–Trinajstić information content (AvgIpc) is 2.60. The van der Waals surface area contributed by atoms with Gasteiger partial charge in [0, 0.05) is 4.47 Å². The van der Waals surface area contributed by atoms with Crippen LogP contribution in [0.4, 0.5) is 4.79 Å². The van der Waals surface area contributed by atoms with E-state index in [1.165, 1.54) is 0 Å². The number of nitrogens with one attached hydrogen (secondary N) is 2. The van der Waals surface area contributed by atoms with Gasteiger partial charge in [-0.25, -0.2) is 4.79 Å². The lowest BCUT2D eigenvalue weighted by Gasteiger charge is -2.22. The highest BCUT2D eigenvalue weighted by molar-refractivity contribution is 9.10. The third-order valence-corrected chi connectivity index (χ3v) is 4.59. The standard InChI is InChI=1S/C19H22BrN3O3/c1-12-4-2-3-5-15(12)16(23-19(21)26)10-18(25)22-17(11-24)13-6-8-14(20)9-7-13/h2-9,16-17,24H,10-11H2,1H3,(H,22,25)(H3,21,23,26)/t16?,17-/m1/s1. The average molecular weight is 420 g/mol. The molecule has 0 aliphatic carbocycles. The number of hydrogen-bond acceptors (Lipinski definition) is 3. The first kappa shape index (κ1) is 19.9. The smallest absolute Gasteiger partial charge is 0.312 e. The number of halogens is 1. The van der Waals surface area contributed by atoms with Gasteiger partial charge in [0.15, 0.2) is 0 Å². The second-order valence-corrected chi connectivity index (χ2v) is 6.89. The maximum absolute atomic E-state index is 12.5. The zero-order valence-electron chi connectivity index (χ0n) is 14.4. The first-order chi connectivity index (χ1) is 12.4. The number of aryl methyl sites for hydroxylation is 1. The van der Waals surface area contributed by atoms with Crippen LogP contribution in [-0.4, -0.2) is 23.7 Å². The summed E-state index contributed by atoms with van der Waals surface area (Å²) >= 11 is 3.35. The van der Waals surface area contributed by atoms with Crippen molar-refractivity contribution in [2.75, 3.05) is 6.61 Å². The molecule has 0 saturated carbocycles. The SMILES string of the molecule is Cc1ccccc1C(CC(=O)N[C@H](CO)c1ccc(Br)cc1)NC(N)=O. The molecular formula is C19H22BrN3O3. The molecule has 0 heterocycles. The van der Waals surface area contributed by atoms with Crippen molar-refractivity contribution in [1.29, 1.82) is 0 Å². The van der Waals surface area contributed by atoms with E-state index in [0.717, 1.165) is 21.2 Å². The number of nitrogens with two attached hydrogens (primary N) is 1. The Hall–Kier alpha value is -2.38. The molecule has 0 aliphatic rings. The molecule has 2 rings (SSSR count). The zero-order valence-corrected chi connectivity index (χ0v) is 16.0. The van der Waals surface area contributed by atoms with Crippen LogP contribution in [0.2, 0.25) is 0 Å². The highest BCUT2D eigenvalue weighted by Crippen LogP contribution is 2.22. The van der Waals surface area contributed by atoms with E-state index < -0.39 is 18.1 Å². The van der Waals surface area contributed by atoms with E-state index >= 15 is 0 Å². The lowest BCUT2D eigenvalue weighted by Crippen LogP contribution is -2.38.